The summed E-state index contributed by atoms with van der Waals surface area (Å²) in [7, 11) is -3.29. The predicted octanol–water partition coefficient (Wildman–Crippen LogP) is 2.91. The van der Waals surface area contributed by atoms with Gasteiger partial charge < -0.3 is 20.4 Å². The molecule has 2 aromatic carbocycles. The fraction of sp³-hybridized carbons (Fsp3) is 0.400. The summed E-state index contributed by atoms with van der Waals surface area (Å²) in [5, 5.41) is 44.2. The van der Waals surface area contributed by atoms with E-state index in [2.05, 4.69) is 20.1 Å². The predicted molar refractivity (Wildman–Crippen MR) is 128 cm³/mol. The van der Waals surface area contributed by atoms with Gasteiger partial charge in [-0.15, -0.1) is 11.8 Å². The molecule has 4 atom stereocenters. The van der Waals surface area contributed by atoms with E-state index >= 15 is 0 Å². The van der Waals surface area contributed by atoms with E-state index in [1.165, 1.54) is 24.3 Å². The van der Waals surface area contributed by atoms with E-state index in [1.54, 1.807) is 23.9 Å². The lowest BCUT2D eigenvalue weighted by Crippen LogP contribution is -2.20. The Balaban J connectivity index is 0.000000342. The highest BCUT2D eigenvalue weighted by Gasteiger charge is 2.20. The fourth-order valence-electron chi connectivity index (χ4n) is 2.69. The molecular weight excluding hydrogens is 484 g/mol. The maximum atomic E-state index is 11.2. The highest BCUT2D eigenvalue weighted by atomic mass is 32.2. The monoisotopic (exact) mass is 510 g/mol. The molecule has 0 saturated heterocycles. The van der Waals surface area contributed by atoms with Gasteiger partial charge in [0.1, 0.15) is 0 Å². The van der Waals surface area contributed by atoms with Crippen LogP contribution >= 0.6 is 11.8 Å². The van der Waals surface area contributed by atoms with Gasteiger partial charge >= 0.3 is 0 Å². The molecule has 12 nitrogen and oxygen atoms in total. The second kappa shape index (κ2) is 14.5. The van der Waals surface area contributed by atoms with Crippen molar-refractivity contribution in [1.29, 1.82) is 0 Å². The van der Waals surface area contributed by atoms with Crippen LogP contribution in [-0.2, 0) is 9.84 Å². The molecule has 2 aromatic rings. The molecule has 2 rings (SSSR count). The lowest BCUT2D eigenvalue weighted by molar-refractivity contribution is 0.109. The van der Waals surface area contributed by atoms with Crippen molar-refractivity contribution in [2.24, 2.45) is 10.2 Å². The Morgan fingerprint density at radius 2 is 1.24 bits per heavy atom. The van der Waals surface area contributed by atoms with Crippen LogP contribution in [0.15, 0.2) is 68.6 Å². The van der Waals surface area contributed by atoms with Gasteiger partial charge in [-0.05, 0) is 52.7 Å². The van der Waals surface area contributed by atoms with Gasteiger partial charge in [-0.25, -0.2) is 8.42 Å². The quantitative estimate of drug-likeness (QED) is 0.162. The molecule has 0 aliphatic rings. The Labute approximate surface area is 201 Å². The number of nitrogens with zero attached hydrogens (tertiary/aromatic N) is 6. The maximum absolute atomic E-state index is 11.2. The smallest absolute Gasteiger partial charge is 0.175 e. The fourth-order valence-corrected chi connectivity index (χ4v) is 3.73. The molecule has 0 amide bonds. The van der Waals surface area contributed by atoms with Crippen LogP contribution in [0.2, 0.25) is 0 Å². The number of rotatable bonds is 10. The van der Waals surface area contributed by atoms with Crippen molar-refractivity contribution in [2.45, 2.75) is 34.1 Å². The van der Waals surface area contributed by atoms with E-state index in [1.807, 2.05) is 18.4 Å². The van der Waals surface area contributed by atoms with E-state index in [-0.39, 0.29) is 11.5 Å². The summed E-state index contributed by atoms with van der Waals surface area (Å²) in [4.78, 5) is 6.32. The number of aliphatic hydroxyl groups excluding tert-OH is 4. The standard InChI is InChI=1S/C10H13N3O4S.C10H13N3O2S/c1-18(16,17)8-4-2-7(3-5-8)10(15)9(6-14)12-13-11;1-16-8-4-2-7(3-5-8)10(15)9(6-14)12-13-11/h2-5,9-10,14-15H,6H2,1H3;2-5,9-10,14-15H,6H2,1H3/t2*9-,10-/m00/s1. The topological polar surface area (TPSA) is 213 Å². The Hall–Kier alpha value is -2.80. The molecule has 0 unspecified atom stereocenters. The zero-order chi connectivity index (χ0) is 25.7. The summed E-state index contributed by atoms with van der Waals surface area (Å²) in [5.74, 6) is 0. The van der Waals surface area contributed by atoms with Crippen molar-refractivity contribution in [3.63, 3.8) is 0 Å². The van der Waals surface area contributed by atoms with Crippen LogP contribution in [0.4, 0.5) is 0 Å². The van der Waals surface area contributed by atoms with Crippen molar-refractivity contribution >= 4 is 21.6 Å². The van der Waals surface area contributed by atoms with E-state index in [4.69, 9.17) is 21.3 Å². The van der Waals surface area contributed by atoms with Crippen LogP contribution in [0.25, 0.3) is 20.9 Å². The molecule has 14 heteroatoms. The molecule has 0 radical (unpaired) electrons. The maximum Gasteiger partial charge on any atom is 0.175 e. The number of thioether (sulfide) groups is 1. The Morgan fingerprint density at radius 3 is 1.53 bits per heavy atom. The highest BCUT2D eigenvalue weighted by molar-refractivity contribution is 7.98. The van der Waals surface area contributed by atoms with Crippen molar-refractivity contribution in [3.05, 3.63) is 80.5 Å². The average Bonchev–Trinajstić information content (AvgIpc) is 2.85. The third-order valence-corrected chi connectivity index (χ3v) is 6.48. The third-order valence-electron chi connectivity index (χ3n) is 4.61. The van der Waals surface area contributed by atoms with Gasteiger partial charge in [-0.1, -0.05) is 34.5 Å². The number of sulfone groups is 1. The van der Waals surface area contributed by atoms with Crippen molar-refractivity contribution in [3.8, 4) is 0 Å². The highest BCUT2D eigenvalue weighted by Crippen LogP contribution is 2.23. The van der Waals surface area contributed by atoms with Gasteiger partial charge in [-0.3, -0.25) is 0 Å². The van der Waals surface area contributed by atoms with E-state index < -0.39 is 40.7 Å². The van der Waals surface area contributed by atoms with Crippen LogP contribution < -0.4 is 0 Å². The summed E-state index contributed by atoms with van der Waals surface area (Å²) < 4.78 is 22.5. The average molecular weight is 511 g/mol. The molecule has 0 saturated carbocycles. The molecule has 0 aliphatic heterocycles. The SMILES string of the molecule is CS(=O)(=O)c1ccc([C@H](O)[C@H](CO)N=[N+]=[N-])cc1.CSc1ccc([C@H](O)[C@H](CO)N=[N+]=[N-])cc1. The zero-order valence-corrected chi connectivity index (χ0v) is 20.1. The summed E-state index contributed by atoms with van der Waals surface area (Å²) in [6.07, 6.45) is 0.882. The summed E-state index contributed by atoms with van der Waals surface area (Å²) in [6.45, 7) is -0.880. The largest absolute Gasteiger partial charge is 0.396 e. The molecule has 4 N–H and O–H groups in total. The normalized spacial score (nSPS) is 14.3. The van der Waals surface area contributed by atoms with Gasteiger partial charge in [0.05, 0.1) is 42.4 Å². The Morgan fingerprint density at radius 1 is 0.853 bits per heavy atom. The van der Waals surface area contributed by atoms with Crippen LogP contribution in [0, 0.1) is 0 Å². The van der Waals surface area contributed by atoms with Gasteiger partial charge in [0, 0.05) is 21.0 Å². The molecule has 0 heterocycles. The van der Waals surface area contributed by atoms with E-state index in [9.17, 15) is 18.6 Å². The first-order valence-electron chi connectivity index (χ1n) is 9.73. The molecule has 184 valence electrons. The number of hydrogen-bond acceptors (Lipinski definition) is 9. The van der Waals surface area contributed by atoms with Gasteiger partial charge in [-0.2, -0.15) is 0 Å². The van der Waals surface area contributed by atoms with Crippen LogP contribution in [0.5, 0.6) is 0 Å². The number of benzene rings is 2. The molecule has 0 fully saturated rings. The van der Waals surface area contributed by atoms with Crippen molar-refractivity contribution < 1.29 is 28.8 Å². The Bertz CT molecular complexity index is 1100. The number of azide groups is 2. The molecular formula is C20H26N6O6S2. The molecule has 0 aliphatic carbocycles. The molecule has 34 heavy (non-hydrogen) atoms. The molecule has 0 spiro atoms. The van der Waals surface area contributed by atoms with Crippen molar-refractivity contribution in [2.75, 3.05) is 25.7 Å². The lowest BCUT2D eigenvalue weighted by Gasteiger charge is -2.16. The minimum atomic E-state index is -3.29. The summed E-state index contributed by atoms with van der Waals surface area (Å²) >= 11 is 1.60. The summed E-state index contributed by atoms with van der Waals surface area (Å²) in [6, 6.07) is 10.9. The first-order chi connectivity index (χ1) is 16.1. The second-order valence-electron chi connectivity index (χ2n) is 6.91. The van der Waals surface area contributed by atoms with Crippen LogP contribution in [-0.4, -0.2) is 66.7 Å². The third kappa shape index (κ3) is 8.86. The zero-order valence-electron chi connectivity index (χ0n) is 18.4. The number of hydrogen-bond donors (Lipinski definition) is 4. The minimum Gasteiger partial charge on any atom is -0.396 e. The first kappa shape index (κ1) is 29.2. The van der Waals surface area contributed by atoms with Gasteiger partial charge in [0.15, 0.2) is 9.84 Å². The summed E-state index contributed by atoms with van der Waals surface area (Å²) in [5.41, 5.74) is 17.5. The van der Waals surface area contributed by atoms with Crippen LogP contribution in [0.3, 0.4) is 0 Å². The first-order valence-corrected chi connectivity index (χ1v) is 12.8. The van der Waals surface area contributed by atoms with E-state index in [0.29, 0.717) is 11.1 Å². The Kier molecular flexibility index (Phi) is 12.4. The van der Waals surface area contributed by atoms with Gasteiger partial charge in [0.25, 0.3) is 0 Å². The second-order valence-corrected chi connectivity index (χ2v) is 9.81. The van der Waals surface area contributed by atoms with Crippen molar-refractivity contribution in [1.82, 2.24) is 0 Å². The lowest BCUT2D eigenvalue weighted by atomic mass is 10.0. The minimum absolute atomic E-state index is 0.128. The molecule has 0 aromatic heterocycles. The van der Waals surface area contributed by atoms with Crippen LogP contribution in [0.1, 0.15) is 23.3 Å². The van der Waals surface area contributed by atoms with Gasteiger partial charge in [0.2, 0.25) is 0 Å². The van der Waals surface area contributed by atoms with E-state index in [0.717, 1.165) is 11.2 Å². The molecule has 0 bridgehead atoms. The number of aliphatic hydroxyl groups is 4.